The van der Waals surface area contributed by atoms with Crippen LogP contribution in [0.1, 0.15) is 96.6 Å². The van der Waals surface area contributed by atoms with E-state index >= 15 is 0 Å². The van der Waals surface area contributed by atoms with Crippen molar-refractivity contribution in [2.45, 2.75) is 123 Å². The largest absolute Gasteiger partial charge is 0.459 e. The van der Waals surface area contributed by atoms with Crippen LogP contribution < -0.4 is 0 Å². The van der Waals surface area contributed by atoms with Gasteiger partial charge in [-0.3, -0.25) is 9.59 Å². The molecule has 0 bridgehead atoms. The first-order chi connectivity index (χ1) is 21.0. The summed E-state index contributed by atoms with van der Waals surface area (Å²) < 4.78 is 31.1. The molecule has 238 valence electrons. The first-order valence-corrected chi connectivity index (χ1v) is 16.3. The summed E-state index contributed by atoms with van der Waals surface area (Å²) in [5.41, 5.74) is 2.04. The van der Waals surface area contributed by atoms with E-state index in [9.17, 15) is 9.59 Å². The predicted molar refractivity (Wildman–Crippen MR) is 167 cm³/mol. The van der Waals surface area contributed by atoms with Gasteiger partial charge in [-0.05, 0) is 36.8 Å². The maximum atomic E-state index is 13.5. The van der Waals surface area contributed by atoms with Crippen LogP contribution in [0, 0.1) is 11.8 Å². The van der Waals surface area contributed by atoms with Crippen molar-refractivity contribution in [1.29, 1.82) is 0 Å². The summed E-state index contributed by atoms with van der Waals surface area (Å²) in [4.78, 5) is 26.7. The SMILES string of the molecule is CCCC(CCC)C(=O)OC1C[C@@H](OC(=O)C(CCC)CCC)[C@H](OCc2ccccc2)[C@@H](COCc2ccccc2)O1. The Labute approximate surface area is 258 Å². The van der Waals surface area contributed by atoms with Crippen LogP contribution in [-0.2, 0) is 46.5 Å². The lowest BCUT2D eigenvalue weighted by atomic mass is 9.97. The normalized spacial score (nSPS) is 20.3. The fourth-order valence-corrected chi connectivity index (χ4v) is 5.69. The van der Waals surface area contributed by atoms with E-state index in [1.54, 1.807) is 0 Å². The van der Waals surface area contributed by atoms with Crippen molar-refractivity contribution in [2.24, 2.45) is 11.8 Å². The van der Waals surface area contributed by atoms with Gasteiger partial charge in [0.15, 0.2) is 0 Å². The van der Waals surface area contributed by atoms with Crippen molar-refractivity contribution >= 4 is 11.9 Å². The Morgan fingerprint density at radius 2 is 1.21 bits per heavy atom. The molecule has 1 aliphatic rings. The van der Waals surface area contributed by atoms with Gasteiger partial charge in [-0.25, -0.2) is 0 Å². The first kappa shape index (κ1) is 34.7. The van der Waals surface area contributed by atoms with Gasteiger partial charge in [0.2, 0.25) is 6.29 Å². The molecule has 0 spiro atoms. The second kappa shape index (κ2) is 19.5. The number of ether oxygens (including phenoxy) is 5. The van der Waals surface area contributed by atoms with E-state index in [0.717, 1.165) is 62.5 Å². The molecular weight excluding hydrogens is 544 g/mol. The molecule has 1 saturated heterocycles. The molecule has 2 aromatic carbocycles. The van der Waals surface area contributed by atoms with Gasteiger partial charge in [0, 0.05) is 0 Å². The lowest BCUT2D eigenvalue weighted by molar-refractivity contribution is -0.269. The Bertz CT molecular complexity index is 1030. The van der Waals surface area contributed by atoms with E-state index in [-0.39, 0.29) is 36.8 Å². The number of esters is 2. The predicted octanol–water partition coefficient (Wildman–Crippen LogP) is 7.79. The molecule has 1 unspecified atom stereocenters. The Morgan fingerprint density at radius 1 is 0.721 bits per heavy atom. The molecule has 43 heavy (non-hydrogen) atoms. The van der Waals surface area contributed by atoms with E-state index in [4.69, 9.17) is 23.7 Å². The minimum Gasteiger partial charge on any atom is -0.459 e. The highest BCUT2D eigenvalue weighted by Crippen LogP contribution is 2.30. The number of hydrogen-bond donors (Lipinski definition) is 0. The van der Waals surface area contributed by atoms with E-state index < -0.39 is 24.6 Å². The molecule has 0 radical (unpaired) electrons. The van der Waals surface area contributed by atoms with Crippen LogP contribution in [0.2, 0.25) is 0 Å². The third kappa shape index (κ3) is 11.7. The molecule has 4 atom stereocenters. The monoisotopic (exact) mass is 596 g/mol. The molecule has 0 aromatic heterocycles. The topological polar surface area (TPSA) is 80.3 Å². The van der Waals surface area contributed by atoms with Crippen LogP contribution in [0.15, 0.2) is 60.7 Å². The van der Waals surface area contributed by atoms with Crippen molar-refractivity contribution in [3.05, 3.63) is 71.8 Å². The van der Waals surface area contributed by atoms with E-state index in [1.807, 2.05) is 60.7 Å². The first-order valence-electron chi connectivity index (χ1n) is 16.3. The highest BCUT2D eigenvalue weighted by Gasteiger charge is 2.44. The summed E-state index contributed by atoms with van der Waals surface area (Å²) in [5, 5.41) is 0. The molecule has 1 aliphatic heterocycles. The highest BCUT2D eigenvalue weighted by atomic mass is 16.7. The van der Waals surface area contributed by atoms with Crippen molar-refractivity contribution in [1.82, 2.24) is 0 Å². The summed E-state index contributed by atoms with van der Waals surface area (Å²) in [7, 11) is 0. The zero-order valence-electron chi connectivity index (χ0n) is 26.6. The van der Waals surface area contributed by atoms with Crippen LogP contribution in [-0.4, -0.2) is 43.1 Å². The molecule has 0 amide bonds. The zero-order chi connectivity index (χ0) is 30.9. The summed E-state index contributed by atoms with van der Waals surface area (Å²) in [5.74, 6) is -0.855. The van der Waals surface area contributed by atoms with E-state index in [0.29, 0.717) is 13.2 Å². The van der Waals surface area contributed by atoms with Crippen molar-refractivity contribution < 1.29 is 33.3 Å². The van der Waals surface area contributed by atoms with Crippen molar-refractivity contribution in [3.63, 3.8) is 0 Å². The van der Waals surface area contributed by atoms with Crippen LogP contribution >= 0.6 is 0 Å². The molecule has 3 rings (SSSR count). The van der Waals surface area contributed by atoms with Crippen LogP contribution in [0.25, 0.3) is 0 Å². The van der Waals surface area contributed by atoms with Gasteiger partial charge in [-0.2, -0.15) is 0 Å². The Hall–Kier alpha value is -2.74. The van der Waals surface area contributed by atoms with Crippen LogP contribution in [0.4, 0.5) is 0 Å². The molecule has 7 heteroatoms. The number of rotatable bonds is 19. The second-order valence-corrected chi connectivity index (χ2v) is 11.6. The standard InChI is InChI=1S/C36H52O7/c1-5-15-29(16-6-2)35(37)42-31-23-33(43-36(38)30(17-7-3)18-8-4)41-32(26-39-24-27-19-11-9-12-20-27)34(31)40-25-28-21-13-10-14-22-28/h9-14,19-22,29-34H,5-8,15-18,23-26H2,1-4H3/t31-,32-,33?,34+/m1/s1. The lowest BCUT2D eigenvalue weighted by Crippen LogP contribution is -2.54. The maximum Gasteiger partial charge on any atom is 0.311 e. The third-order valence-electron chi connectivity index (χ3n) is 7.89. The fraction of sp³-hybridized carbons (Fsp3) is 0.611. The van der Waals surface area contributed by atoms with E-state index in [2.05, 4.69) is 27.7 Å². The minimum absolute atomic E-state index is 0.181. The van der Waals surface area contributed by atoms with Gasteiger partial charge in [0.25, 0.3) is 0 Å². The van der Waals surface area contributed by atoms with Crippen LogP contribution in [0.5, 0.6) is 0 Å². The smallest absolute Gasteiger partial charge is 0.311 e. The summed E-state index contributed by atoms with van der Waals surface area (Å²) in [6.45, 7) is 9.21. The molecule has 1 fully saturated rings. The Kier molecular flexibility index (Phi) is 15.8. The summed E-state index contributed by atoms with van der Waals surface area (Å²) >= 11 is 0. The zero-order valence-corrected chi connectivity index (χ0v) is 26.6. The van der Waals surface area contributed by atoms with Gasteiger partial charge >= 0.3 is 11.9 Å². The minimum atomic E-state index is -0.862. The van der Waals surface area contributed by atoms with Crippen LogP contribution in [0.3, 0.4) is 0 Å². The number of benzene rings is 2. The summed E-state index contributed by atoms with van der Waals surface area (Å²) in [6, 6.07) is 19.8. The molecule has 7 nitrogen and oxygen atoms in total. The van der Waals surface area contributed by atoms with Gasteiger partial charge in [0.05, 0.1) is 38.1 Å². The van der Waals surface area contributed by atoms with Crippen molar-refractivity contribution in [3.8, 4) is 0 Å². The molecular formula is C36H52O7. The number of hydrogen-bond acceptors (Lipinski definition) is 7. The average molecular weight is 597 g/mol. The highest BCUT2D eigenvalue weighted by molar-refractivity contribution is 5.73. The summed E-state index contributed by atoms with van der Waals surface area (Å²) in [6.07, 6.45) is 4.14. The number of carbonyl (C=O) groups excluding carboxylic acids is 2. The molecule has 0 saturated carbocycles. The average Bonchev–Trinajstić information content (AvgIpc) is 3.01. The second-order valence-electron chi connectivity index (χ2n) is 11.6. The Balaban J connectivity index is 1.84. The lowest BCUT2D eigenvalue weighted by Gasteiger charge is -2.41. The third-order valence-corrected chi connectivity index (χ3v) is 7.89. The van der Waals surface area contributed by atoms with Gasteiger partial charge < -0.3 is 23.7 Å². The molecule has 1 heterocycles. The molecule has 0 aliphatic carbocycles. The van der Waals surface area contributed by atoms with Gasteiger partial charge in [-0.1, -0.05) is 114 Å². The van der Waals surface area contributed by atoms with Gasteiger partial charge in [-0.15, -0.1) is 0 Å². The maximum absolute atomic E-state index is 13.5. The van der Waals surface area contributed by atoms with Gasteiger partial charge in [0.1, 0.15) is 18.3 Å². The Morgan fingerprint density at radius 3 is 1.72 bits per heavy atom. The number of carbonyl (C=O) groups is 2. The fourth-order valence-electron chi connectivity index (χ4n) is 5.69. The molecule has 2 aromatic rings. The molecule has 0 N–H and O–H groups in total. The van der Waals surface area contributed by atoms with Crippen molar-refractivity contribution in [2.75, 3.05) is 6.61 Å². The van der Waals surface area contributed by atoms with E-state index in [1.165, 1.54) is 0 Å². The quantitative estimate of drug-likeness (QED) is 0.153.